The van der Waals surface area contributed by atoms with Crippen LogP contribution in [0.5, 0.6) is 0 Å². The first-order valence-corrected chi connectivity index (χ1v) is 7.48. The van der Waals surface area contributed by atoms with Crippen molar-refractivity contribution >= 4 is 43.2 Å². The Morgan fingerprint density at radius 3 is 2.67 bits per heavy atom. The smallest absolute Gasteiger partial charge is 0.0761 e. The van der Waals surface area contributed by atoms with Crippen LogP contribution in [0.2, 0.25) is 0 Å². The van der Waals surface area contributed by atoms with Crippen molar-refractivity contribution < 1.29 is 0 Å². The molecule has 1 aliphatic rings. The van der Waals surface area contributed by atoms with E-state index in [9.17, 15) is 0 Å². The fourth-order valence-electron chi connectivity index (χ4n) is 1.91. The Morgan fingerprint density at radius 1 is 1.33 bits per heavy atom. The molecule has 1 aliphatic carbocycles. The maximum atomic E-state index is 6.27. The summed E-state index contributed by atoms with van der Waals surface area (Å²) in [5.41, 5.74) is 8.88. The molecule has 0 aliphatic heterocycles. The molecule has 15 heavy (non-hydrogen) atoms. The third-order valence-corrected chi connectivity index (χ3v) is 5.13. The van der Waals surface area contributed by atoms with Crippen molar-refractivity contribution in [3.63, 3.8) is 0 Å². The van der Waals surface area contributed by atoms with Gasteiger partial charge in [0.15, 0.2) is 0 Å². The molecule has 0 bridgehead atoms. The minimum Gasteiger partial charge on any atom is -0.320 e. The standard InChI is InChI=1S/C11H13Br2NS/c12-9-6-8(11(13)15-9)10(14)7-4-2-1-3-5-7/h4,6,10H,1-3,5,14H2. The third-order valence-electron chi connectivity index (χ3n) is 2.74. The molecule has 1 unspecified atom stereocenters. The van der Waals surface area contributed by atoms with Crippen LogP contribution in [0.4, 0.5) is 0 Å². The van der Waals surface area contributed by atoms with Crippen LogP contribution in [-0.4, -0.2) is 0 Å². The van der Waals surface area contributed by atoms with E-state index in [2.05, 4.69) is 44.0 Å². The normalized spacial score (nSPS) is 18.7. The molecule has 82 valence electrons. The van der Waals surface area contributed by atoms with E-state index >= 15 is 0 Å². The van der Waals surface area contributed by atoms with Gasteiger partial charge >= 0.3 is 0 Å². The number of hydrogen-bond acceptors (Lipinski definition) is 2. The van der Waals surface area contributed by atoms with E-state index in [0.29, 0.717) is 0 Å². The highest BCUT2D eigenvalue weighted by atomic mass is 79.9. The molecule has 4 heteroatoms. The lowest BCUT2D eigenvalue weighted by atomic mass is 9.92. The van der Waals surface area contributed by atoms with Gasteiger partial charge in [0.2, 0.25) is 0 Å². The first kappa shape index (κ1) is 11.8. The summed E-state index contributed by atoms with van der Waals surface area (Å²) in [6.07, 6.45) is 7.24. The molecule has 0 aromatic carbocycles. The zero-order chi connectivity index (χ0) is 10.8. The van der Waals surface area contributed by atoms with E-state index < -0.39 is 0 Å². The summed E-state index contributed by atoms with van der Waals surface area (Å²) in [6.45, 7) is 0. The number of hydrogen-bond donors (Lipinski definition) is 1. The van der Waals surface area contributed by atoms with Crippen molar-refractivity contribution in [3.05, 3.63) is 30.9 Å². The van der Waals surface area contributed by atoms with Crippen LogP contribution >= 0.6 is 43.2 Å². The van der Waals surface area contributed by atoms with E-state index in [1.807, 2.05) is 0 Å². The van der Waals surface area contributed by atoms with E-state index in [1.54, 1.807) is 11.3 Å². The average Bonchev–Trinajstić information content (AvgIpc) is 2.58. The van der Waals surface area contributed by atoms with Crippen molar-refractivity contribution in [2.24, 2.45) is 5.73 Å². The van der Waals surface area contributed by atoms with Crippen molar-refractivity contribution in [3.8, 4) is 0 Å². The van der Waals surface area contributed by atoms with Crippen LogP contribution < -0.4 is 5.73 Å². The van der Waals surface area contributed by atoms with Crippen LogP contribution in [0, 0.1) is 0 Å². The molecule has 0 fully saturated rings. The quantitative estimate of drug-likeness (QED) is 0.763. The Morgan fingerprint density at radius 2 is 2.13 bits per heavy atom. The van der Waals surface area contributed by atoms with Gasteiger partial charge in [0.1, 0.15) is 0 Å². The summed E-state index contributed by atoms with van der Waals surface area (Å²) in [4.78, 5) is 0. The Hall–Kier alpha value is 0.360. The summed E-state index contributed by atoms with van der Waals surface area (Å²) >= 11 is 8.74. The topological polar surface area (TPSA) is 26.0 Å². The molecular formula is C11H13Br2NS. The molecule has 1 aromatic heterocycles. The molecule has 0 saturated carbocycles. The molecule has 0 saturated heterocycles. The van der Waals surface area contributed by atoms with Crippen LogP contribution in [-0.2, 0) is 0 Å². The maximum Gasteiger partial charge on any atom is 0.0761 e. The maximum absolute atomic E-state index is 6.27. The Labute approximate surface area is 111 Å². The van der Waals surface area contributed by atoms with Crippen LogP contribution in [0.25, 0.3) is 0 Å². The predicted octanol–water partition coefficient (Wildman–Crippen LogP) is 4.77. The number of rotatable bonds is 2. The van der Waals surface area contributed by atoms with Gasteiger partial charge in [0.25, 0.3) is 0 Å². The van der Waals surface area contributed by atoms with E-state index in [0.717, 1.165) is 14.0 Å². The highest BCUT2D eigenvalue weighted by Crippen LogP contribution is 2.38. The number of halogens is 2. The lowest BCUT2D eigenvalue weighted by Gasteiger charge is -2.19. The van der Waals surface area contributed by atoms with Gasteiger partial charge in [-0.1, -0.05) is 11.6 Å². The Kier molecular flexibility index (Phi) is 4.04. The van der Waals surface area contributed by atoms with Gasteiger partial charge in [-0.25, -0.2) is 0 Å². The van der Waals surface area contributed by atoms with Gasteiger partial charge in [0, 0.05) is 0 Å². The molecule has 2 rings (SSSR count). The number of allylic oxidation sites excluding steroid dienone is 1. The van der Waals surface area contributed by atoms with Gasteiger partial charge in [-0.15, -0.1) is 11.3 Å². The second kappa shape index (κ2) is 5.13. The fraction of sp³-hybridized carbons (Fsp3) is 0.455. The van der Waals surface area contributed by atoms with E-state index in [-0.39, 0.29) is 6.04 Å². The average molecular weight is 351 g/mol. The Balaban J connectivity index is 2.23. The number of nitrogens with two attached hydrogens (primary N) is 1. The van der Waals surface area contributed by atoms with Crippen LogP contribution in [0.15, 0.2) is 25.3 Å². The van der Waals surface area contributed by atoms with Crippen molar-refractivity contribution in [2.75, 3.05) is 0 Å². The van der Waals surface area contributed by atoms with Gasteiger partial charge < -0.3 is 5.73 Å². The largest absolute Gasteiger partial charge is 0.320 e. The van der Waals surface area contributed by atoms with Crippen molar-refractivity contribution in [2.45, 2.75) is 31.7 Å². The van der Waals surface area contributed by atoms with E-state index in [4.69, 9.17) is 5.73 Å². The molecule has 1 heterocycles. The molecule has 0 radical (unpaired) electrons. The molecule has 1 aromatic rings. The monoisotopic (exact) mass is 349 g/mol. The molecule has 2 N–H and O–H groups in total. The van der Waals surface area contributed by atoms with Gasteiger partial charge in [-0.3, -0.25) is 0 Å². The van der Waals surface area contributed by atoms with Gasteiger partial charge in [-0.05, 0) is 69.2 Å². The summed E-state index contributed by atoms with van der Waals surface area (Å²) in [7, 11) is 0. The summed E-state index contributed by atoms with van der Waals surface area (Å²) in [5.74, 6) is 0. The lowest BCUT2D eigenvalue weighted by molar-refractivity contribution is 0.648. The Bertz CT molecular complexity index is 384. The van der Waals surface area contributed by atoms with Gasteiger partial charge in [0.05, 0.1) is 13.6 Å². The van der Waals surface area contributed by atoms with Gasteiger partial charge in [-0.2, -0.15) is 0 Å². The van der Waals surface area contributed by atoms with Crippen molar-refractivity contribution in [1.29, 1.82) is 0 Å². The predicted molar refractivity (Wildman–Crippen MR) is 73.2 cm³/mol. The third kappa shape index (κ3) is 2.73. The zero-order valence-corrected chi connectivity index (χ0v) is 12.3. The first-order chi connectivity index (χ1) is 7.18. The summed E-state index contributed by atoms with van der Waals surface area (Å²) in [6, 6.07) is 2.19. The molecule has 0 spiro atoms. The highest BCUT2D eigenvalue weighted by molar-refractivity contribution is 9.12. The number of thiophene rings is 1. The van der Waals surface area contributed by atoms with Crippen LogP contribution in [0.3, 0.4) is 0 Å². The minimum absolute atomic E-state index is 0.0715. The second-order valence-electron chi connectivity index (χ2n) is 3.78. The molecular weight excluding hydrogens is 338 g/mol. The lowest BCUT2D eigenvalue weighted by Crippen LogP contribution is -2.14. The summed E-state index contributed by atoms with van der Waals surface area (Å²) < 4.78 is 2.28. The molecule has 0 amide bonds. The highest BCUT2D eigenvalue weighted by Gasteiger charge is 2.18. The molecule has 1 atom stereocenters. The second-order valence-corrected chi connectivity index (χ2v) is 7.53. The van der Waals surface area contributed by atoms with E-state index in [1.165, 1.54) is 30.4 Å². The minimum atomic E-state index is 0.0715. The van der Waals surface area contributed by atoms with Crippen molar-refractivity contribution in [1.82, 2.24) is 0 Å². The zero-order valence-electron chi connectivity index (χ0n) is 8.30. The first-order valence-electron chi connectivity index (χ1n) is 5.07. The fourth-order valence-corrected chi connectivity index (χ4v) is 4.84. The molecule has 1 nitrogen and oxygen atoms in total. The summed E-state index contributed by atoms with van der Waals surface area (Å²) in [5, 5.41) is 0. The van der Waals surface area contributed by atoms with Crippen LogP contribution in [0.1, 0.15) is 37.3 Å². The SMILES string of the molecule is NC(C1=CCCCC1)c1cc(Br)sc1Br.